The van der Waals surface area contributed by atoms with Crippen molar-refractivity contribution in [3.8, 4) is 28.4 Å². The molecule has 2 fully saturated rings. The Morgan fingerprint density at radius 3 is 2.40 bits per heavy atom. The van der Waals surface area contributed by atoms with Crippen molar-refractivity contribution in [1.29, 1.82) is 0 Å². The summed E-state index contributed by atoms with van der Waals surface area (Å²) in [4.78, 5) is 14.8. The second kappa shape index (κ2) is 11.8. The summed E-state index contributed by atoms with van der Waals surface area (Å²) >= 11 is 0. The van der Waals surface area contributed by atoms with Crippen LogP contribution in [0, 0.1) is 11.2 Å². The minimum Gasteiger partial charge on any atom is -0.490 e. The number of alkyl halides is 3. The Hall–Kier alpha value is -3.70. The number of anilines is 1. The predicted octanol–water partition coefficient (Wildman–Crippen LogP) is 6.83. The molecular formula is C32H35F4N5O2. The highest BCUT2D eigenvalue weighted by molar-refractivity contribution is 5.91. The number of nitrogens with zero attached hydrogens (tertiary/aromatic N) is 3. The summed E-state index contributed by atoms with van der Waals surface area (Å²) in [5, 5.41) is 3.33. The van der Waals surface area contributed by atoms with Crippen LogP contribution in [0.4, 0.5) is 23.2 Å². The lowest BCUT2D eigenvalue weighted by molar-refractivity contribution is -0.137. The molecule has 1 aliphatic carbocycles. The molecule has 228 valence electrons. The van der Waals surface area contributed by atoms with Gasteiger partial charge < -0.3 is 24.7 Å². The maximum atomic E-state index is 14.4. The zero-order valence-corrected chi connectivity index (χ0v) is 24.2. The average molecular weight is 598 g/mol. The standard InChI is InChI=1S/C32H35F4N5O2/c1-41(18-31(19-42-2)10-3-11-31)27-17-26(21-14-22(32(34,35)36)16-23(33)15-21)38-30-28(27)39-29(40-30)20-4-6-24(7-5-20)43-25-8-12-37-13-9-25/h4-7,14-17,25,37H,3,8-13,18-19H2,1-2H3,(H,38,39,40). The number of hydrogen-bond acceptors (Lipinski definition) is 6. The van der Waals surface area contributed by atoms with Crippen LogP contribution in [-0.4, -0.2) is 61.5 Å². The van der Waals surface area contributed by atoms with Gasteiger partial charge in [0, 0.05) is 37.2 Å². The van der Waals surface area contributed by atoms with E-state index in [4.69, 9.17) is 14.5 Å². The van der Waals surface area contributed by atoms with Crippen molar-refractivity contribution in [2.45, 2.75) is 44.4 Å². The first-order valence-electron chi connectivity index (χ1n) is 14.6. The van der Waals surface area contributed by atoms with Gasteiger partial charge in [0.1, 0.15) is 29.0 Å². The molecular weight excluding hydrogens is 562 g/mol. The fraction of sp³-hybridized carbons (Fsp3) is 0.438. The lowest BCUT2D eigenvalue weighted by atomic mass is 9.69. The van der Waals surface area contributed by atoms with Crippen molar-refractivity contribution in [3.05, 3.63) is 59.9 Å². The van der Waals surface area contributed by atoms with E-state index in [1.807, 2.05) is 31.3 Å². The third-order valence-corrected chi connectivity index (χ3v) is 8.53. The molecule has 4 aromatic rings. The van der Waals surface area contributed by atoms with Crippen LogP contribution < -0.4 is 15.0 Å². The molecule has 43 heavy (non-hydrogen) atoms. The number of H-pyrrole nitrogens is 1. The number of fused-ring (bicyclic) bond motifs is 1. The number of methoxy groups -OCH3 is 1. The lowest BCUT2D eigenvalue weighted by Gasteiger charge is -2.44. The monoisotopic (exact) mass is 597 g/mol. The van der Waals surface area contributed by atoms with Gasteiger partial charge in [0.15, 0.2) is 5.65 Å². The molecule has 1 aliphatic heterocycles. The van der Waals surface area contributed by atoms with E-state index in [0.29, 0.717) is 41.9 Å². The van der Waals surface area contributed by atoms with Gasteiger partial charge in [-0.2, -0.15) is 13.2 Å². The second-order valence-corrected chi connectivity index (χ2v) is 11.8. The van der Waals surface area contributed by atoms with Crippen molar-refractivity contribution in [2.75, 3.05) is 45.3 Å². The minimum atomic E-state index is -4.69. The number of benzene rings is 2. The van der Waals surface area contributed by atoms with E-state index in [1.54, 1.807) is 13.2 Å². The highest BCUT2D eigenvalue weighted by Gasteiger charge is 2.38. The Morgan fingerprint density at radius 2 is 1.74 bits per heavy atom. The molecule has 7 nitrogen and oxygen atoms in total. The lowest BCUT2D eigenvalue weighted by Crippen LogP contribution is -2.44. The summed E-state index contributed by atoms with van der Waals surface area (Å²) in [6.45, 7) is 3.16. The maximum Gasteiger partial charge on any atom is 0.416 e. The van der Waals surface area contributed by atoms with Gasteiger partial charge in [-0.3, -0.25) is 0 Å². The molecule has 0 spiro atoms. The molecule has 0 unspecified atom stereocenters. The molecule has 0 radical (unpaired) electrons. The van der Waals surface area contributed by atoms with Crippen LogP contribution in [0.1, 0.15) is 37.7 Å². The first-order valence-corrected chi connectivity index (χ1v) is 14.6. The quantitative estimate of drug-likeness (QED) is 0.206. The molecule has 6 rings (SSSR count). The second-order valence-electron chi connectivity index (χ2n) is 11.8. The van der Waals surface area contributed by atoms with Gasteiger partial charge in [-0.05, 0) is 87.3 Å². The number of aromatic amines is 1. The van der Waals surface area contributed by atoms with E-state index in [9.17, 15) is 17.6 Å². The predicted molar refractivity (Wildman–Crippen MR) is 158 cm³/mol. The molecule has 0 bridgehead atoms. The highest BCUT2D eigenvalue weighted by Crippen LogP contribution is 2.43. The first-order chi connectivity index (χ1) is 20.6. The largest absolute Gasteiger partial charge is 0.490 e. The fourth-order valence-corrected chi connectivity index (χ4v) is 6.17. The van der Waals surface area contributed by atoms with Crippen molar-refractivity contribution in [2.24, 2.45) is 5.41 Å². The third-order valence-electron chi connectivity index (χ3n) is 8.53. The number of hydrogen-bond donors (Lipinski definition) is 2. The molecule has 1 saturated carbocycles. The topological polar surface area (TPSA) is 75.3 Å². The number of pyridine rings is 1. The first kappa shape index (κ1) is 29.4. The summed E-state index contributed by atoms with van der Waals surface area (Å²) in [6, 6.07) is 11.8. The van der Waals surface area contributed by atoms with Gasteiger partial charge in [0.2, 0.25) is 0 Å². The average Bonchev–Trinajstić information content (AvgIpc) is 3.40. The summed E-state index contributed by atoms with van der Waals surface area (Å²) in [5.41, 5.74) is 1.65. The van der Waals surface area contributed by atoms with E-state index in [2.05, 4.69) is 20.2 Å². The number of piperidine rings is 1. The van der Waals surface area contributed by atoms with E-state index in [1.165, 1.54) is 0 Å². The van der Waals surface area contributed by atoms with E-state index >= 15 is 0 Å². The van der Waals surface area contributed by atoms with Gasteiger partial charge in [0.05, 0.1) is 23.6 Å². The SMILES string of the molecule is COCC1(CN(C)c2cc(-c3cc(F)cc(C(F)(F)F)c3)nc3nc(-c4ccc(OC5CCNCC5)cc4)[nH]c23)CCC1. The van der Waals surface area contributed by atoms with Gasteiger partial charge in [-0.1, -0.05) is 6.42 Å². The van der Waals surface area contributed by atoms with Crippen LogP contribution in [0.3, 0.4) is 0 Å². The molecule has 2 aliphatic rings. The number of ether oxygens (including phenoxy) is 2. The summed E-state index contributed by atoms with van der Waals surface area (Å²) < 4.78 is 66.7. The molecule has 2 aromatic carbocycles. The molecule has 0 amide bonds. The van der Waals surface area contributed by atoms with Crippen LogP contribution in [0.25, 0.3) is 33.8 Å². The Labute approximate surface area is 247 Å². The Morgan fingerprint density at radius 1 is 1.00 bits per heavy atom. The number of aromatic nitrogens is 3. The smallest absolute Gasteiger partial charge is 0.416 e. The van der Waals surface area contributed by atoms with Crippen molar-refractivity contribution < 1.29 is 27.0 Å². The molecule has 2 aromatic heterocycles. The van der Waals surface area contributed by atoms with Crippen LogP contribution in [0.2, 0.25) is 0 Å². The number of rotatable bonds is 9. The summed E-state index contributed by atoms with van der Waals surface area (Å²) in [7, 11) is 3.63. The highest BCUT2D eigenvalue weighted by atomic mass is 19.4. The van der Waals surface area contributed by atoms with Gasteiger partial charge in [0.25, 0.3) is 0 Å². The number of imidazole rings is 1. The Kier molecular flexibility index (Phi) is 8.04. The zero-order valence-electron chi connectivity index (χ0n) is 24.2. The maximum absolute atomic E-state index is 14.4. The number of nitrogens with one attached hydrogen (secondary N) is 2. The van der Waals surface area contributed by atoms with Gasteiger partial charge in [-0.25, -0.2) is 14.4 Å². The van der Waals surface area contributed by atoms with Crippen molar-refractivity contribution in [1.82, 2.24) is 20.3 Å². The van der Waals surface area contributed by atoms with E-state index in [0.717, 1.165) is 68.6 Å². The fourth-order valence-electron chi connectivity index (χ4n) is 6.17. The number of halogens is 4. The van der Waals surface area contributed by atoms with Gasteiger partial charge in [-0.15, -0.1) is 0 Å². The van der Waals surface area contributed by atoms with Crippen LogP contribution >= 0.6 is 0 Å². The van der Waals surface area contributed by atoms with Gasteiger partial charge >= 0.3 is 6.18 Å². The Bertz CT molecular complexity index is 1580. The van der Waals surface area contributed by atoms with Crippen LogP contribution in [0.15, 0.2) is 48.5 Å². The van der Waals surface area contributed by atoms with E-state index < -0.39 is 17.6 Å². The van der Waals surface area contributed by atoms with Crippen molar-refractivity contribution in [3.63, 3.8) is 0 Å². The summed E-state index contributed by atoms with van der Waals surface area (Å²) in [6.07, 6.45) is 0.547. The molecule has 0 atom stereocenters. The molecule has 1 saturated heterocycles. The van der Waals surface area contributed by atoms with Crippen LogP contribution in [-0.2, 0) is 10.9 Å². The Balaban J connectivity index is 1.38. The minimum absolute atomic E-state index is 0.0192. The van der Waals surface area contributed by atoms with E-state index in [-0.39, 0.29) is 22.8 Å². The van der Waals surface area contributed by atoms with Crippen LogP contribution in [0.5, 0.6) is 5.75 Å². The molecule has 11 heteroatoms. The third kappa shape index (κ3) is 6.33. The summed E-state index contributed by atoms with van der Waals surface area (Å²) in [5.74, 6) is 0.362. The normalized spacial score (nSPS) is 17.2. The molecule has 3 heterocycles. The molecule has 2 N–H and O–H groups in total. The van der Waals surface area contributed by atoms with Crippen molar-refractivity contribution >= 4 is 16.9 Å². The zero-order chi connectivity index (χ0) is 30.2.